The fourth-order valence-corrected chi connectivity index (χ4v) is 3.69. The molecule has 0 N–H and O–H groups in total. The zero-order valence-corrected chi connectivity index (χ0v) is 13.6. The van der Waals surface area contributed by atoms with Crippen LogP contribution in [0.1, 0.15) is 16.8 Å². The fourth-order valence-electron chi connectivity index (χ4n) is 3.15. The van der Waals surface area contributed by atoms with Crippen molar-refractivity contribution in [1.82, 2.24) is 4.48 Å². The predicted octanol–water partition coefficient (Wildman–Crippen LogP) is 4.67. The molecule has 0 unspecified atom stereocenters. The Morgan fingerprint density at radius 2 is 1.70 bits per heavy atom. The highest BCUT2D eigenvalue weighted by atomic mass is 35.5. The number of hydrogen-bond acceptors (Lipinski definition) is 0. The van der Waals surface area contributed by atoms with Crippen molar-refractivity contribution in [2.24, 2.45) is 0 Å². The molecule has 3 heterocycles. The van der Waals surface area contributed by atoms with Gasteiger partial charge in [-0.3, -0.25) is 0 Å². The molecule has 0 aliphatic carbocycles. The molecule has 2 aromatic rings. The molecule has 4 rings (SSSR count). The second-order valence-corrected chi connectivity index (χ2v) is 6.43. The van der Waals surface area contributed by atoms with Crippen LogP contribution in [0.15, 0.2) is 54.2 Å². The van der Waals surface area contributed by atoms with Crippen molar-refractivity contribution in [3.63, 3.8) is 0 Å². The SMILES string of the molecule is Cc1ccc(C2=C3C=CC(Cl)=[N+]3[B-](F)(F)n3c(Cl)ccc32)cc1. The van der Waals surface area contributed by atoms with Crippen LogP contribution in [0.4, 0.5) is 8.63 Å². The molecular formula is C16H11BCl2F2N2. The number of aryl methyl sites for hydroxylation is 1. The summed E-state index contributed by atoms with van der Waals surface area (Å²) >= 11 is 12.1. The van der Waals surface area contributed by atoms with Crippen molar-refractivity contribution >= 4 is 40.9 Å². The van der Waals surface area contributed by atoms with Gasteiger partial charge in [-0.1, -0.05) is 41.4 Å². The molecule has 116 valence electrons. The smallest absolute Gasteiger partial charge is 0.389 e. The van der Waals surface area contributed by atoms with Gasteiger partial charge in [0.2, 0.25) is 5.17 Å². The first-order valence-electron chi connectivity index (χ1n) is 7.12. The maximum atomic E-state index is 14.9. The van der Waals surface area contributed by atoms with Crippen molar-refractivity contribution in [2.75, 3.05) is 0 Å². The van der Waals surface area contributed by atoms with Crippen LogP contribution in [0.3, 0.4) is 0 Å². The van der Waals surface area contributed by atoms with Crippen molar-refractivity contribution in [3.8, 4) is 0 Å². The van der Waals surface area contributed by atoms with Gasteiger partial charge in [-0.05, 0) is 36.2 Å². The van der Waals surface area contributed by atoms with E-state index >= 15 is 0 Å². The van der Waals surface area contributed by atoms with Gasteiger partial charge in [-0.15, -0.1) is 0 Å². The van der Waals surface area contributed by atoms with E-state index in [0.29, 0.717) is 17.0 Å². The third-order valence-corrected chi connectivity index (χ3v) is 4.83. The number of nitrogens with zero attached hydrogens (tertiary/aromatic N) is 2. The Bertz CT molecular complexity index is 924. The van der Waals surface area contributed by atoms with E-state index in [1.165, 1.54) is 12.1 Å². The standard InChI is InChI=1S/C16H11BCl2F2N2/c1-10-2-4-11(5-3-10)16-12-6-8-14(18)22(12)17(20,21)23-13(16)7-9-15(23)19/h2-9H,1H3. The fraction of sp³-hybridized carbons (Fsp3) is 0.0625. The Morgan fingerprint density at radius 3 is 2.39 bits per heavy atom. The second kappa shape index (κ2) is 4.82. The molecular weight excluding hydrogens is 340 g/mol. The number of allylic oxidation sites excluding steroid dienone is 2. The van der Waals surface area contributed by atoms with Crippen LogP contribution in [0, 0.1) is 6.92 Å². The maximum Gasteiger partial charge on any atom is 0.739 e. The molecule has 2 nitrogen and oxygen atoms in total. The number of hydrogen-bond donors (Lipinski definition) is 0. The summed E-state index contributed by atoms with van der Waals surface area (Å²) in [4.78, 5) is 0. The van der Waals surface area contributed by atoms with E-state index in [1.54, 1.807) is 12.1 Å². The van der Waals surface area contributed by atoms with E-state index in [9.17, 15) is 8.63 Å². The predicted molar refractivity (Wildman–Crippen MR) is 90.3 cm³/mol. The van der Waals surface area contributed by atoms with Gasteiger partial charge >= 0.3 is 6.97 Å². The average molecular weight is 351 g/mol. The Balaban J connectivity index is 2.09. The molecule has 1 aromatic heterocycles. The average Bonchev–Trinajstić information content (AvgIpc) is 3.06. The van der Waals surface area contributed by atoms with Crippen molar-refractivity contribution in [2.45, 2.75) is 6.92 Å². The monoisotopic (exact) mass is 350 g/mol. The third-order valence-electron chi connectivity index (χ3n) is 4.21. The first kappa shape index (κ1) is 14.7. The van der Waals surface area contributed by atoms with Gasteiger partial charge in [0, 0.05) is 17.8 Å². The molecule has 0 bridgehead atoms. The summed E-state index contributed by atoms with van der Waals surface area (Å²) in [5, 5.41) is -0.0185. The van der Waals surface area contributed by atoms with Crippen molar-refractivity contribution in [1.29, 1.82) is 0 Å². The summed E-state index contributed by atoms with van der Waals surface area (Å²) in [6, 6.07) is 10.8. The highest BCUT2D eigenvalue weighted by molar-refractivity contribution is 6.71. The minimum absolute atomic E-state index is 0.00923. The molecule has 1 aromatic carbocycles. The number of halogens is 4. The summed E-state index contributed by atoms with van der Waals surface area (Å²) in [6.07, 6.45) is 3.11. The summed E-state index contributed by atoms with van der Waals surface area (Å²) in [5.74, 6) is 0. The highest BCUT2D eigenvalue weighted by Gasteiger charge is 2.54. The van der Waals surface area contributed by atoms with Crippen LogP contribution in [0.2, 0.25) is 5.15 Å². The molecule has 0 saturated heterocycles. The lowest BCUT2D eigenvalue weighted by atomic mass is 9.86. The van der Waals surface area contributed by atoms with E-state index < -0.39 is 6.97 Å². The van der Waals surface area contributed by atoms with Crippen LogP contribution >= 0.6 is 23.2 Å². The Labute approximate surface area is 142 Å². The van der Waals surface area contributed by atoms with Gasteiger partial charge in [0.1, 0.15) is 0 Å². The minimum atomic E-state index is -4.12. The van der Waals surface area contributed by atoms with Crippen LogP contribution in [0.25, 0.3) is 5.57 Å². The first-order chi connectivity index (χ1) is 10.9. The number of fused-ring (bicyclic) bond motifs is 2. The number of aromatic nitrogens is 1. The summed E-state index contributed by atoms with van der Waals surface area (Å²) in [5.41, 5.74) is 3.42. The van der Waals surface area contributed by atoms with E-state index in [0.717, 1.165) is 20.1 Å². The number of benzene rings is 1. The molecule has 0 fully saturated rings. The van der Waals surface area contributed by atoms with Gasteiger partial charge in [-0.2, -0.15) is 0 Å². The van der Waals surface area contributed by atoms with Crippen LogP contribution in [-0.4, -0.2) is 21.1 Å². The summed E-state index contributed by atoms with van der Waals surface area (Å²) in [7, 11) is 0. The highest BCUT2D eigenvalue weighted by Crippen LogP contribution is 2.41. The van der Waals surface area contributed by atoms with Gasteiger partial charge in [0.25, 0.3) is 0 Å². The molecule has 0 atom stereocenters. The molecule has 7 heteroatoms. The zero-order valence-electron chi connectivity index (χ0n) is 12.1. The van der Waals surface area contributed by atoms with Gasteiger partial charge in [-0.25, -0.2) is 0 Å². The third kappa shape index (κ3) is 1.96. The Morgan fingerprint density at radius 1 is 1.00 bits per heavy atom. The van der Waals surface area contributed by atoms with E-state index in [4.69, 9.17) is 23.2 Å². The lowest BCUT2D eigenvalue weighted by Crippen LogP contribution is -2.50. The van der Waals surface area contributed by atoms with Gasteiger partial charge in [0.05, 0.1) is 10.7 Å². The lowest BCUT2D eigenvalue weighted by Gasteiger charge is -2.31. The first-order valence-corrected chi connectivity index (χ1v) is 7.87. The van der Waals surface area contributed by atoms with E-state index in [2.05, 4.69) is 0 Å². The zero-order chi connectivity index (χ0) is 16.4. The topological polar surface area (TPSA) is 7.94 Å². The quantitative estimate of drug-likeness (QED) is 0.660. The van der Waals surface area contributed by atoms with Gasteiger partial charge in [0.15, 0.2) is 5.70 Å². The van der Waals surface area contributed by atoms with E-state index in [1.807, 2.05) is 31.2 Å². The molecule has 2 aliphatic rings. The Kier molecular flexibility index (Phi) is 3.09. The molecule has 23 heavy (non-hydrogen) atoms. The van der Waals surface area contributed by atoms with Crippen LogP contribution in [0.5, 0.6) is 0 Å². The normalized spacial score (nSPS) is 18.5. The summed E-state index contributed by atoms with van der Waals surface area (Å²) < 4.78 is 31.6. The largest absolute Gasteiger partial charge is 0.739 e. The molecule has 0 radical (unpaired) electrons. The van der Waals surface area contributed by atoms with Crippen LogP contribution in [-0.2, 0) is 0 Å². The minimum Gasteiger partial charge on any atom is -0.389 e. The van der Waals surface area contributed by atoms with Crippen molar-refractivity contribution < 1.29 is 13.1 Å². The molecule has 0 saturated carbocycles. The molecule has 0 amide bonds. The van der Waals surface area contributed by atoms with Gasteiger partial charge < -0.3 is 17.6 Å². The maximum absolute atomic E-state index is 14.9. The van der Waals surface area contributed by atoms with Crippen molar-refractivity contribution in [3.05, 3.63) is 76.2 Å². The second-order valence-electron chi connectivity index (χ2n) is 5.65. The molecule has 2 aliphatic heterocycles. The lowest BCUT2D eigenvalue weighted by molar-refractivity contribution is -0.358. The number of rotatable bonds is 1. The summed E-state index contributed by atoms with van der Waals surface area (Å²) in [6.45, 7) is -2.14. The Hall–Kier alpha value is -1.85. The van der Waals surface area contributed by atoms with Crippen LogP contribution < -0.4 is 0 Å². The molecule has 0 spiro atoms. The van der Waals surface area contributed by atoms with E-state index in [-0.39, 0.29) is 10.3 Å².